The van der Waals surface area contributed by atoms with Gasteiger partial charge < -0.3 is 14.8 Å². The lowest BCUT2D eigenvalue weighted by Gasteiger charge is -2.09. The monoisotopic (exact) mass is 383 g/mol. The molecular weight excluding hydrogens is 362 g/mol. The van der Waals surface area contributed by atoms with Crippen LogP contribution in [-0.2, 0) is 13.0 Å². The molecule has 0 fully saturated rings. The van der Waals surface area contributed by atoms with Crippen LogP contribution in [-0.4, -0.2) is 28.3 Å². The highest BCUT2D eigenvalue weighted by atomic mass is 32.1. The molecule has 0 atom stereocenters. The minimum Gasteiger partial charge on any atom is -0.497 e. The van der Waals surface area contributed by atoms with Crippen molar-refractivity contribution in [2.45, 2.75) is 20.0 Å². The normalized spacial score (nSPS) is 10.4. The topological polar surface area (TPSA) is 73.3 Å². The van der Waals surface area contributed by atoms with Crippen molar-refractivity contribution in [3.8, 4) is 11.5 Å². The molecule has 0 aliphatic carbocycles. The van der Waals surface area contributed by atoms with Gasteiger partial charge in [-0.1, -0.05) is 18.2 Å². The summed E-state index contributed by atoms with van der Waals surface area (Å²) in [7, 11) is 1.64. The average Bonchev–Trinajstić information content (AvgIpc) is 3.12. The van der Waals surface area contributed by atoms with Gasteiger partial charge in [-0.25, -0.2) is 0 Å². The summed E-state index contributed by atoms with van der Waals surface area (Å²) in [5.74, 6) is 1.33. The number of nitrogens with zero attached hydrogens (tertiary/aromatic N) is 2. The van der Waals surface area contributed by atoms with E-state index < -0.39 is 0 Å². The van der Waals surface area contributed by atoms with E-state index in [1.807, 2.05) is 37.3 Å². The van der Waals surface area contributed by atoms with E-state index in [1.165, 1.54) is 11.7 Å². The Kier molecular flexibility index (Phi) is 6.38. The number of benzene rings is 2. The van der Waals surface area contributed by atoms with Gasteiger partial charge in [-0.3, -0.25) is 4.79 Å². The van der Waals surface area contributed by atoms with Crippen LogP contribution in [0.15, 0.2) is 48.5 Å². The lowest BCUT2D eigenvalue weighted by molar-refractivity contribution is 0.0953. The molecule has 6 nitrogen and oxygen atoms in total. The van der Waals surface area contributed by atoms with Crippen molar-refractivity contribution in [3.63, 3.8) is 0 Å². The van der Waals surface area contributed by atoms with Crippen LogP contribution in [0.5, 0.6) is 11.5 Å². The maximum Gasteiger partial charge on any atom is 0.251 e. The van der Waals surface area contributed by atoms with Crippen molar-refractivity contribution in [1.29, 1.82) is 0 Å². The number of nitrogens with one attached hydrogen (secondary N) is 1. The highest BCUT2D eigenvalue weighted by Crippen LogP contribution is 2.16. The van der Waals surface area contributed by atoms with E-state index in [4.69, 9.17) is 9.47 Å². The van der Waals surface area contributed by atoms with Gasteiger partial charge in [0, 0.05) is 12.1 Å². The van der Waals surface area contributed by atoms with Crippen LogP contribution < -0.4 is 14.8 Å². The van der Waals surface area contributed by atoms with E-state index in [0.29, 0.717) is 24.5 Å². The number of aromatic nitrogens is 2. The zero-order valence-corrected chi connectivity index (χ0v) is 16.1. The van der Waals surface area contributed by atoms with Crippen LogP contribution in [0, 0.1) is 6.92 Å². The number of hydrogen-bond donors (Lipinski definition) is 1. The summed E-state index contributed by atoms with van der Waals surface area (Å²) in [6, 6.07) is 14.9. The molecular formula is C20H21N3O3S. The summed E-state index contributed by atoms with van der Waals surface area (Å²) < 4.78 is 19.2. The molecule has 0 spiro atoms. The summed E-state index contributed by atoms with van der Waals surface area (Å²) in [6.07, 6.45) is 0.752. The standard InChI is InChI=1S/C20H21N3O3S/c1-14-19(23-27-22-14)13-26-18-5-3-4-16(12-18)20(24)21-11-10-15-6-8-17(25-2)9-7-15/h3-9,12H,10-11,13H2,1-2H3,(H,21,24). The molecule has 0 saturated heterocycles. The van der Waals surface area contributed by atoms with Gasteiger partial charge in [0.2, 0.25) is 0 Å². The van der Waals surface area contributed by atoms with Crippen molar-refractivity contribution in [2.24, 2.45) is 0 Å². The number of carbonyl (C=O) groups is 1. The van der Waals surface area contributed by atoms with Crippen LogP contribution in [0.2, 0.25) is 0 Å². The van der Waals surface area contributed by atoms with Crippen molar-refractivity contribution in [2.75, 3.05) is 13.7 Å². The predicted molar refractivity (Wildman–Crippen MR) is 104 cm³/mol. The molecule has 0 aliphatic rings. The van der Waals surface area contributed by atoms with Gasteiger partial charge in [-0.05, 0) is 49.2 Å². The Bertz CT molecular complexity index is 893. The van der Waals surface area contributed by atoms with Crippen molar-refractivity contribution < 1.29 is 14.3 Å². The molecule has 0 bridgehead atoms. The Balaban J connectivity index is 1.51. The first kappa shape index (κ1) is 18.8. The molecule has 1 N–H and O–H groups in total. The maximum absolute atomic E-state index is 12.4. The Morgan fingerprint density at radius 1 is 1.11 bits per heavy atom. The van der Waals surface area contributed by atoms with Gasteiger partial charge in [0.1, 0.15) is 23.8 Å². The zero-order valence-electron chi connectivity index (χ0n) is 15.3. The zero-order chi connectivity index (χ0) is 19.1. The van der Waals surface area contributed by atoms with E-state index in [-0.39, 0.29) is 5.91 Å². The highest BCUT2D eigenvalue weighted by molar-refractivity contribution is 6.99. The second-order valence-corrected chi connectivity index (χ2v) is 6.50. The van der Waals surface area contributed by atoms with Gasteiger partial charge in [0.15, 0.2) is 0 Å². The van der Waals surface area contributed by atoms with E-state index >= 15 is 0 Å². The maximum atomic E-state index is 12.4. The van der Waals surface area contributed by atoms with Gasteiger partial charge >= 0.3 is 0 Å². The fourth-order valence-electron chi connectivity index (χ4n) is 2.47. The number of amides is 1. The molecule has 1 amide bonds. The summed E-state index contributed by atoms with van der Waals surface area (Å²) in [5, 5.41) is 2.94. The van der Waals surface area contributed by atoms with Crippen LogP contribution in [0.25, 0.3) is 0 Å². The largest absolute Gasteiger partial charge is 0.497 e. The summed E-state index contributed by atoms with van der Waals surface area (Å²) >= 11 is 1.17. The van der Waals surface area contributed by atoms with Crippen LogP contribution in [0.4, 0.5) is 0 Å². The summed E-state index contributed by atoms with van der Waals surface area (Å²) in [6.45, 7) is 2.79. The Morgan fingerprint density at radius 2 is 1.93 bits per heavy atom. The fraction of sp³-hybridized carbons (Fsp3) is 0.250. The Labute approximate surface area is 162 Å². The molecule has 0 unspecified atom stereocenters. The number of ether oxygens (including phenoxy) is 2. The molecule has 1 aromatic heterocycles. The van der Waals surface area contributed by atoms with Crippen LogP contribution >= 0.6 is 11.7 Å². The third-order valence-corrected chi connectivity index (χ3v) is 4.73. The van der Waals surface area contributed by atoms with Crippen molar-refractivity contribution in [3.05, 3.63) is 71.0 Å². The molecule has 7 heteroatoms. The number of methoxy groups -OCH3 is 1. The first-order chi connectivity index (χ1) is 13.2. The predicted octanol–water partition coefficient (Wildman–Crippen LogP) is 3.41. The van der Waals surface area contributed by atoms with Gasteiger partial charge in [0.25, 0.3) is 5.91 Å². The van der Waals surface area contributed by atoms with Gasteiger partial charge in [-0.15, -0.1) is 0 Å². The minimum absolute atomic E-state index is 0.125. The molecule has 3 aromatic rings. The molecule has 2 aromatic carbocycles. The second-order valence-electron chi connectivity index (χ2n) is 5.97. The van der Waals surface area contributed by atoms with E-state index in [0.717, 1.165) is 29.1 Å². The summed E-state index contributed by atoms with van der Waals surface area (Å²) in [5.41, 5.74) is 3.39. The van der Waals surface area contributed by atoms with Crippen LogP contribution in [0.1, 0.15) is 27.3 Å². The molecule has 140 valence electrons. The number of carbonyl (C=O) groups excluding carboxylic acids is 1. The van der Waals surface area contributed by atoms with Gasteiger partial charge in [-0.2, -0.15) is 8.75 Å². The second kappa shape index (κ2) is 9.14. The Hall–Kier alpha value is -2.93. The Morgan fingerprint density at radius 3 is 2.63 bits per heavy atom. The molecule has 27 heavy (non-hydrogen) atoms. The van der Waals surface area contributed by atoms with Gasteiger partial charge in [0.05, 0.1) is 24.5 Å². The molecule has 0 aliphatic heterocycles. The molecule has 1 heterocycles. The first-order valence-electron chi connectivity index (χ1n) is 8.58. The van der Waals surface area contributed by atoms with E-state index in [9.17, 15) is 4.79 Å². The first-order valence-corrected chi connectivity index (χ1v) is 9.31. The molecule has 0 saturated carbocycles. The highest BCUT2D eigenvalue weighted by Gasteiger charge is 2.08. The minimum atomic E-state index is -0.125. The average molecular weight is 383 g/mol. The molecule has 0 radical (unpaired) electrons. The quantitative estimate of drug-likeness (QED) is 0.645. The smallest absolute Gasteiger partial charge is 0.251 e. The van der Waals surface area contributed by atoms with Crippen molar-refractivity contribution in [1.82, 2.24) is 14.1 Å². The third kappa shape index (κ3) is 5.27. The van der Waals surface area contributed by atoms with E-state index in [1.54, 1.807) is 25.3 Å². The SMILES string of the molecule is COc1ccc(CCNC(=O)c2cccc(OCc3nsnc3C)c2)cc1. The number of hydrogen-bond acceptors (Lipinski definition) is 6. The fourth-order valence-corrected chi connectivity index (χ4v) is 3.03. The third-order valence-electron chi connectivity index (χ3n) is 4.08. The summed E-state index contributed by atoms with van der Waals surface area (Å²) in [4.78, 5) is 12.4. The number of rotatable bonds is 8. The number of aryl methyl sites for hydroxylation is 1. The lowest BCUT2D eigenvalue weighted by Crippen LogP contribution is -2.25. The molecule has 3 rings (SSSR count). The van der Waals surface area contributed by atoms with Crippen LogP contribution in [0.3, 0.4) is 0 Å². The van der Waals surface area contributed by atoms with E-state index in [2.05, 4.69) is 14.1 Å². The lowest BCUT2D eigenvalue weighted by atomic mass is 10.1. The van der Waals surface area contributed by atoms with Crippen molar-refractivity contribution >= 4 is 17.6 Å².